The van der Waals surface area contributed by atoms with Crippen LogP contribution in [-0.4, -0.2) is 35.0 Å². The number of rotatable bonds is 3. The van der Waals surface area contributed by atoms with Gasteiger partial charge >= 0.3 is 0 Å². The molecule has 3 atom stereocenters. The Kier molecular flexibility index (Phi) is 3.31. The smallest absolute Gasteiger partial charge is 0.289 e. The number of furan rings is 1. The van der Waals surface area contributed by atoms with Gasteiger partial charge in [0.05, 0.1) is 11.8 Å². The van der Waals surface area contributed by atoms with Crippen LogP contribution >= 0.6 is 11.3 Å². The molecule has 0 N–H and O–H groups in total. The molecule has 5 rings (SSSR count). The van der Waals surface area contributed by atoms with E-state index in [0.717, 1.165) is 23.7 Å². The summed E-state index contributed by atoms with van der Waals surface area (Å²) < 4.78 is 11.7. The topological polar surface area (TPSA) is 55.6 Å². The molecular weight excluding hydrogens is 324 g/mol. The van der Waals surface area contributed by atoms with Crippen LogP contribution in [0, 0.1) is 12.8 Å². The van der Waals surface area contributed by atoms with Gasteiger partial charge in [0.2, 0.25) is 0 Å². The average Bonchev–Trinajstić information content (AvgIpc) is 2.97. The van der Waals surface area contributed by atoms with E-state index in [1.807, 2.05) is 17.9 Å². The monoisotopic (exact) mass is 344 g/mol. The Bertz CT molecular complexity index is 765. The summed E-state index contributed by atoms with van der Waals surface area (Å²) in [6.07, 6.45) is 3.76. The number of carbonyl (C=O) groups is 1. The number of ether oxygens (including phenoxy) is 1. The Hall–Kier alpha value is -1.66. The fourth-order valence-corrected chi connectivity index (χ4v) is 4.76. The van der Waals surface area contributed by atoms with Gasteiger partial charge in [0.25, 0.3) is 5.91 Å². The van der Waals surface area contributed by atoms with Crippen LogP contribution in [0.5, 0.6) is 0 Å². The minimum Gasteiger partial charge on any atom is -0.456 e. The van der Waals surface area contributed by atoms with Crippen molar-refractivity contribution in [1.29, 1.82) is 0 Å². The van der Waals surface area contributed by atoms with E-state index < -0.39 is 0 Å². The number of hydrogen-bond donors (Lipinski definition) is 0. The maximum absolute atomic E-state index is 12.5. The first kappa shape index (κ1) is 14.7. The molecule has 2 aromatic rings. The lowest BCUT2D eigenvalue weighted by molar-refractivity contribution is 0.0346. The average molecular weight is 344 g/mol. The molecule has 1 aliphatic carbocycles. The van der Waals surface area contributed by atoms with Crippen molar-refractivity contribution in [2.45, 2.75) is 44.3 Å². The molecule has 6 heteroatoms. The second-order valence-electron chi connectivity index (χ2n) is 7.16. The molecule has 2 aliphatic heterocycles. The molecule has 0 spiro atoms. The Labute approximate surface area is 144 Å². The van der Waals surface area contributed by atoms with Crippen molar-refractivity contribution < 1.29 is 13.9 Å². The molecule has 126 valence electrons. The minimum atomic E-state index is -0.0251. The first-order valence-electron chi connectivity index (χ1n) is 8.64. The summed E-state index contributed by atoms with van der Waals surface area (Å²) in [7, 11) is 0. The fraction of sp³-hybridized carbons (Fsp3) is 0.556. The summed E-state index contributed by atoms with van der Waals surface area (Å²) in [5.74, 6) is 2.27. The van der Waals surface area contributed by atoms with Crippen molar-refractivity contribution in [2.75, 3.05) is 13.1 Å². The lowest BCUT2D eigenvalue weighted by atomic mass is 10.0. The Morgan fingerprint density at radius 3 is 2.92 bits per heavy atom. The van der Waals surface area contributed by atoms with Gasteiger partial charge in [-0.25, -0.2) is 4.98 Å². The summed E-state index contributed by atoms with van der Waals surface area (Å²) in [6, 6.07) is 3.58. The summed E-state index contributed by atoms with van der Waals surface area (Å²) in [5, 5.41) is 3.31. The molecule has 4 heterocycles. The Balaban J connectivity index is 1.24. The lowest BCUT2D eigenvalue weighted by Crippen LogP contribution is -2.30. The first-order chi connectivity index (χ1) is 11.7. The zero-order chi connectivity index (χ0) is 16.3. The number of thiazole rings is 1. The quantitative estimate of drug-likeness (QED) is 0.855. The van der Waals surface area contributed by atoms with Crippen molar-refractivity contribution >= 4 is 17.2 Å². The van der Waals surface area contributed by atoms with Crippen LogP contribution in [0.15, 0.2) is 21.9 Å². The molecule has 0 bridgehead atoms. The van der Waals surface area contributed by atoms with Crippen LogP contribution in [0.25, 0.3) is 0 Å². The second kappa shape index (κ2) is 5.43. The number of likely N-dealkylation sites (tertiary alicyclic amines) is 1. The van der Waals surface area contributed by atoms with Gasteiger partial charge in [0.15, 0.2) is 5.76 Å². The Morgan fingerprint density at radius 1 is 1.33 bits per heavy atom. The van der Waals surface area contributed by atoms with E-state index in [2.05, 4.69) is 5.38 Å². The van der Waals surface area contributed by atoms with E-state index in [-0.39, 0.29) is 18.1 Å². The van der Waals surface area contributed by atoms with Crippen LogP contribution in [-0.2, 0) is 4.74 Å². The van der Waals surface area contributed by atoms with E-state index in [1.54, 1.807) is 17.4 Å². The highest BCUT2D eigenvalue weighted by atomic mass is 32.1. The fourth-order valence-electron chi connectivity index (χ4n) is 3.81. The third-order valence-corrected chi connectivity index (χ3v) is 6.24. The van der Waals surface area contributed by atoms with Crippen molar-refractivity contribution in [1.82, 2.24) is 9.88 Å². The van der Waals surface area contributed by atoms with Gasteiger partial charge in [-0.15, -0.1) is 11.3 Å². The van der Waals surface area contributed by atoms with E-state index in [4.69, 9.17) is 14.1 Å². The molecule has 0 radical (unpaired) electrons. The van der Waals surface area contributed by atoms with Crippen LogP contribution in [0.4, 0.5) is 0 Å². The van der Waals surface area contributed by atoms with E-state index >= 15 is 0 Å². The molecule has 2 aromatic heterocycles. The number of amides is 1. The second-order valence-corrected chi connectivity index (χ2v) is 8.05. The molecular formula is C18H20N2O3S. The zero-order valence-corrected chi connectivity index (χ0v) is 14.4. The number of fused-ring (bicyclic) bond motifs is 1. The molecule has 1 saturated carbocycles. The number of carbonyl (C=O) groups excluding carboxylic acids is 1. The van der Waals surface area contributed by atoms with Gasteiger partial charge in [0.1, 0.15) is 16.9 Å². The maximum atomic E-state index is 12.5. The molecule has 0 unspecified atom stereocenters. The van der Waals surface area contributed by atoms with Gasteiger partial charge in [-0.2, -0.15) is 0 Å². The predicted molar refractivity (Wildman–Crippen MR) is 89.2 cm³/mol. The summed E-state index contributed by atoms with van der Waals surface area (Å²) in [5.41, 5.74) is 1.25. The van der Waals surface area contributed by atoms with Gasteiger partial charge in [-0.3, -0.25) is 4.79 Å². The van der Waals surface area contributed by atoms with Crippen molar-refractivity contribution in [2.24, 2.45) is 5.92 Å². The lowest BCUT2D eigenvalue weighted by Gasteiger charge is -2.17. The first-order valence-corrected chi connectivity index (χ1v) is 9.52. The molecule has 1 amide bonds. The molecule has 3 fully saturated rings. The van der Waals surface area contributed by atoms with E-state index in [1.165, 1.54) is 18.5 Å². The highest BCUT2D eigenvalue weighted by Crippen LogP contribution is 2.45. The van der Waals surface area contributed by atoms with Crippen LogP contribution in [0.2, 0.25) is 0 Å². The number of aromatic nitrogens is 1. The third-order valence-electron chi connectivity index (χ3n) is 5.29. The van der Waals surface area contributed by atoms with Gasteiger partial charge in [-0.1, -0.05) is 0 Å². The van der Waals surface area contributed by atoms with Gasteiger partial charge in [0, 0.05) is 30.3 Å². The van der Waals surface area contributed by atoms with Crippen LogP contribution in [0.1, 0.15) is 58.3 Å². The predicted octanol–water partition coefficient (Wildman–Crippen LogP) is 3.52. The molecule has 24 heavy (non-hydrogen) atoms. The third kappa shape index (κ3) is 2.48. The van der Waals surface area contributed by atoms with Gasteiger partial charge in [-0.05, 0) is 38.3 Å². The summed E-state index contributed by atoms with van der Waals surface area (Å²) in [4.78, 5) is 19.1. The molecule has 3 aliphatic rings. The van der Waals surface area contributed by atoms with E-state index in [0.29, 0.717) is 24.1 Å². The largest absolute Gasteiger partial charge is 0.456 e. The number of nitrogens with zero attached hydrogens (tertiary/aromatic N) is 2. The summed E-state index contributed by atoms with van der Waals surface area (Å²) in [6.45, 7) is 3.26. The molecule has 0 aromatic carbocycles. The highest BCUT2D eigenvalue weighted by molar-refractivity contribution is 7.09. The minimum absolute atomic E-state index is 0.0251. The van der Waals surface area contributed by atoms with E-state index in [9.17, 15) is 4.79 Å². The van der Waals surface area contributed by atoms with Gasteiger partial charge < -0.3 is 14.1 Å². The number of aryl methyl sites for hydroxylation is 1. The van der Waals surface area contributed by atoms with Crippen molar-refractivity contribution in [3.05, 3.63) is 39.7 Å². The highest BCUT2D eigenvalue weighted by Gasteiger charge is 2.45. The zero-order valence-electron chi connectivity index (χ0n) is 13.6. The SMILES string of the molecule is Cc1ccc(C(=O)N2C[C@H]3C[C@H](c4nc(C5CC5)cs4)O[C@H]3C2)o1. The summed E-state index contributed by atoms with van der Waals surface area (Å²) >= 11 is 1.73. The molecule has 2 saturated heterocycles. The standard InChI is InChI=1S/C18H20N2O3S/c1-10-2-5-14(22-10)18(21)20-7-12-6-15(23-16(12)8-20)17-19-13(9-24-17)11-3-4-11/h2,5,9,11-12,15-16H,3-4,6-8H2,1H3/t12-,15-,16+/m1/s1. The van der Waals surface area contributed by atoms with Crippen LogP contribution < -0.4 is 0 Å². The van der Waals surface area contributed by atoms with Crippen molar-refractivity contribution in [3.63, 3.8) is 0 Å². The van der Waals surface area contributed by atoms with Crippen molar-refractivity contribution in [3.8, 4) is 0 Å². The normalized spacial score (nSPS) is 29.2. The Morgan fingerprint density at radius 2 is 2.21 bits per heavy atom. The molecule has 5 nitrogen and oxygen atoms in total. The number of hydrogen-bond acceptors (Lipinski definition) is 5. The van der Waals surface area contributed by atoms with Crippen LogP contribution in [0.3, 0.4) is 0 Å². The maximum Gasteiger partial charge on any atom is 0.289 e.